The molecule has 80 valence electrons. The van der Waals surface area contributed by atoms with Crippen molar-refractivity contribution in [3.05, 3.63) is 23.3 Å². The SMILES string of the molecule is COc1cc(CN=C=O)cc(C)c1OC. The molecule has 0 unspecified atom stereocenters. The fourth-order valence-corrected chi connectivity index (χ4v) is 1.44. The van der Waals surface area contributed by atoms with Crippen molar-refractivity contribution >= 4 is 6.08 Å². The number of isocyanates is 1. The first kappa shape index (κ1) is 11.3. The van der Waals surface area contributed by atoms with Crippen LogP contribution in [-0.2, 0) is 11.3 Å². The van der Waals surface area contributed by atoms with Crippen LogP contribution in [0, 0.1) is 6.92 Å². The van der Waals surface area contributed by atoms with Gasteiger partial charge in [0.05, 0.1) is 20.8 Å². The van der Waals surface area contributed by atoms with Crippen LogP contribution < -0.4 is 9.47 Å². The number of hydrogen-bond donors (Lipinski definition) is 0. The third-order valence-corrected chi connectivity index (χ3v) is 2.05. The van der Waals surface area contributed by atoms with Gasteiger partial charge in [0.15, 0.2) is 11.5 Å². The summed E-state index contributed by atoms with van der Waals surface area (Å²) in [6.45, 7) is 2.22. The van der Waals surface area contributed by atoms with Gasteiger partial charge in [0, 0.05) is 0 Å². The molecule has 4 heteroatoms. The lowest BCUT2D eigenvalue weighted by atomic mass is 10.1. The second-order valence-corrected chi connectivity index (χ2v) is 3.06. The van der Waals surface area contributed by atoms with Gasteiger partial charge < -0.3 is 9.47 Å². The van der Waals surface area contributed by atoms with E-state index in [0.29, 0.717) is 18.0 Å². The number of methoxy groups -OCH3 is 2. The quantitative estimate of drug-likeness (QED) is 0.559. The van der Waals surface area contributed by atoms with Crippen molar-refractivity contribution in [2.45, 2.75) is 13.5 Å². The summed E-state index contributed by atoms with van der Waals surface area (Å²) in [5.74, 6) is 1.35. The van der Waals surface area contributed by atoms with Crippen LogP contribution in [0.15, 0.2) is 17.1 Å². The number of benzene rings is 1. The Morgan fingerprint density at radius 3 is 2.60 bits per heavy atom. The van der Waals surface area contributed by atoms with E-state index < -0.39 is 0 Å². The zero-order valence-corrected chi connectivity index (χ0v) is 9.03. The average molecular weight is 207 g/mol. The Morgan fingerprint density at radius 2 is 2.07 bits per heavy atom. The predicted molar refractivity (Wildman–Crippen MR) is 56.1 cm³/mol. The standard InChI is InChI=1S/C11H13NO3/c1-8-4-9(6-12-7-13)5-10(14-2)11(8)15-3/h4-5H,6H2,1-3H3. The van der Waals surface area contributed by atoms with E-state index in [1.54, 1.807) is 20.3 Å². The Bertz CT molecular complexity index is 395. The number of carbonyl (C=O) groups excluding carboxylic acids is 1. The molecule has 0 saturated heterocycles. The molecule has 0 aliphatic heterocycles. The molecule has 0 atom stereocenters. The summed E-state index contributed by atoms with van der Waals surface area (Å²) in [6, 6.07) is 3.70. The highest BCUT2D eigenvalue weighted by atomic mass is 16.5. The maximum atomic E-state index is 9.99. The second kappa shape index (κ2) is 5.17. The van der Waals surface area contributed by atoms with E-state index in [1.165, 1.54) is 6.08 Å². The Labute approximate surface area is 88.5 Å². The van der Waals surface area contributed by atoms with Crippen LogP contribution in [0.5, 0.6) is 11.5 Å². The highest BCUT2D eigenvalue weighted by molar-refractivity contribution is 5.49. The number of nitrogens with zero attached hydrogens (tertiary/aromatic N) is 1. The largest absolute Gasteiger partial charge is 0.493 e. The van der Waals surface area contributed by atoms with Gasteiger partial charge in [-0.25, -0.2) is 9.79 Å². The minimum Gasteiger partial charge on any atom is -0.493 e. The van der Waals surface area contributed by atoms with Gasteiger partial charge in [-0.3, -0.25) is 0 Å². The first-order valence-corrected chi connectivity index (χ1v) is 4.48. The molecule has 15 heavy (non-hydrogen) atoms. The molecule has 1 aromatic carbocycles. The monoisotopic (exact) mass is 207 g/mol. The molecule has 0 aliphatic rings. The maximum absolute atomic E-state index is 9.99. The number of hydrogen-bond acceptors (Lipinski definition) is 4. The Morgan fingerprint density at radius 1 is 1.33 bits per heavy atom. The smallest absolute Gasteiger partial charge is 0.235 e. The van der Waals surface area contributed by atoms with Gasteiger partial charge in [0.25, 0.3) is 0 Å². The normalized spacial score (nSPS) is 9.27. The summed E-state index contributed by atoms with van der Waals surface area (Å²) in [5.41, 5.74) is 1.85. The van der Waals surface area contributed by atoms with Crippen LogP contribution in [0.4, 0.5) is 0 Å². The topological polar surface area (TPSA) is 47.9 Å². The Hall–Kier alpha value is -1.80. The van der Waals surface area contributed by atoms with E-state index in [0.717, 1.165) is 11.1 Å². The average Bonchev–Trinajstić information content (AvgIpc) is 2.25. The van der Waals surface area contributed by atoms with Crippen LogP contribution in [-0.4, -0.2) is 20.3 Å². The van der Waals surface area contributed by atoms with Crippen LogP contribution >= 0.6 is 0 Å². The van der Waals surface area contributed by atoms with E-state index in [1.807, 2.05) is 13.0 Å². The van der Waals surface area contributed by atoms with E-state index in [2.05, 4.69) is 4.99 Å². The Balaban J connectivity index is 3.12. The first-order chi connectivity index (χ1) is 7.22. The summed E-state index contributed by atoms with van der Waals surface area (Å²) in [4.78, 5) is 13.5. The molecular weight excluding hydrogens is 194 g/mol. The first-order valence-electron chi connectivity index (χ1n) is 4.48. The van der Waals surface area contributed by atoms with Crippen molar-refractivity contribution in [1.82, 2.24) is 0 Å². The van der Waals surface area contributed by atoms with Crippen LogP contribution in [0.2, 0.25) is 0 Å². The van der Waals surface area contributed by atoms with Crippen molar-refractivity contribution < 1.29 is 14.3 Å². The molecule has 0 fully saturated rings. The van der Waals surface area contributed by atoms with E-state index in [4.69, 9.17) is 9.47 Å². The molecule has 4 nitrogen and oxygen atoms in total. The van der Waals surface area contributed by atoms with Crippen LogP contribution in [0.1, 0.15) is 11.1 Å². The fourth-order valence-electron chi connectivity index (χ4n) is 1.44. The van der Waals surface area contributed by atoms with Gasteiger partial charge in [0.2, 0.25) is 6.08 Å². The van der Waals surface area contributed by atoms with Gasteiger partial charge >= 0.3 is 0 Å². The molecular formula is C11H13NO3. The minimum absolute atomic E-state index is 0.310. The van der Waals surface area contributed by atoms with Crippen molar-refractivity contribution in [1.29, 1.82) is 0 Å². The highest BCUT2D eigenvalue weighted by Crippen LogP contribution is 2.32. The molecule has 0 radical (unpaired) electrons. The zero-order valence-electron chi connectivity index (χ0n) is 9.03. The molecule has 0 amide bonds. The lowest BCUT2D eigenvalue weighted by Gasteiger charge is -2.11. The zero-order chi connectivity index (χ0) is 11.3. The molecule has 0 saturated carbocycles. The van der Waals surface area contributed by atoms with Gasteiger partial charge in [0.1, 0.15) is 0 Å². The lowest BCUT2D eigenvalue weighted by molar-refractivity contribution is 0.352. The van der Waals surface area contributed by atoms with Gasteiger partial charge in [-0.1, -0.05) is 6.07 Å². The van der Waals surface area contributed by atoms with E-state index >= 15 is 0 Å². The van der Waals surface area contributed by atoms with Crippen molar-refractivity contribution in [2.75, 3.05) is 14.2 Å². The van der Waals surface area contributed by atoms with Crippen LogP contribution in [0.3, 0.4) is 0 Å². The molecule has 0 heterocycles. The second-order valence-electron chi connectivity index (χ2n) is 3.06. The van der Waals surface area contributed by atoms with Crippen molar-refractivity contribution in [3.63, 3.8) is 0 Å². The van der Waals surface area contributed by atoms with E-state index in [9.17, 15) is 4.79 Å². The van der Waals surface area contributed by atoms with Gasteiger partial charge in [-0.2, -0.15) is 0 Å². The minimum atomic E-state index is 0.310. The molecule has 0 N–H and O–H groups in total. The van der Waals surface area contributed by atoms with Crippen LogP contribution in [0.25, 0.3) is 0 Å². The summed E-state index contributed by atoms with van der Waals surface area (Å²) < 4.78 is 10.4. The molecule has 0 aromatic heterocycles. The summed E-state index contributed by atoms with van der Waals surface area (Å²) in [5, 5.41) is 0. The molecule has 1 rings (SSSR count). The van der Waals surface area contributed by atoms with Gasteiger partial charge in [-0.15, -0.1) is 0 Å². The Kier molecular flexibility index (Phi) is 3.89. The van der Waals surface area contributed by atoms with Crippen molar-refractivity contribution in [3.8, 4) is 11.5 Å². The lowest BCUT2D eigenvalue weighted by Crippen LogP contribution is -1.95. The number of rotatable bonds is 4. The predicted octanol–water partition coefficient (Wildman–Crippen LogP) is 1.85. The molecule has 0 spiro atoms. The maximum Gasteiger partial charge on any atom is 0.235 e. The molecule has 0 aliphatic carbocycles. The fraction of sp³-hybridized carbons (Fsp3) is 0.364. The third-order valence-electron chi connectivity index (χ3n) is 2.05. The molecule has 0 bridgehead atoms. The summed E-state index contributed by atoms with van der Waals surface area (Å²) in [6.07, 6.45) is 1.50. The van der Waals surface area contributed by atoms with Gasteiger partial charge in [-0.05, 0) is 24.1 Å². The van der Waals surface area contributed by atoms with Crippen molar-refractivity contribution in [2.24, 2.45) is 4.99 Å². The highest BCUT2D eigenvalue weighted by Gasteiger charge is 2.08. The van der Waals surface area contributed by atoms with E-state index in [-0.39, 0.29) is 0 Å². The number of aliphatic imine (C=N–C) groups is 1. The summed E-state index contributed by atoms with van der Waals surface area (Å²) >= 11 is 0. The third kappa shape index (κ3) is 2.58. The number of aryl methyl sites for hydroxylation is 1. The summed E-state index contributed by atoms with van der Waals surface area (Å²) in [7, 11) is 3.16. The number of ether oxygens (including phenoxy) is 2. The molecule has 1 aromatic rings.